The molecule has 5 nitrogen and oxygen atoms in total. The number of pyridine rings is 1. The Hall–Kier alpha value is -2.45. The standard InChI is InChI=1S/C16H11ClF3N3O2/c17-23-13-7-2-1-6-12(13)15(16(18,19)20,10-22-14(23)24)25-9-11-5-3-4-8-21-11/h1-8,10H,9H2. The number of hydrogen-bond donors (Lipinski definition) is 0. The van der Waals surface area contributed by atoms with Crippen LogP contribution in [0, 0.1) is 0 Å². The van der Waals surface area contributed by atoms with Crippen LogP contribution in [0.1, 0.15) is 11.3 Å². The molecule has 9 heteroatoms. The number of ether oxygens (including phenoxy) is 1. The first kappa shape index (κ1) is 17.4. The van der Waals surface area contributed by atoms with Crippen LogP contribution >= 0.6 is 11.8 Å². The van der Waals surface area contributed by atoms with Gasteiger partial charge in [-0.15, -0.1) is 0 Å². The van der Waals surface area contributed by atoms with Crippen LogP contribution in [0.5, 0.6) is 0 Å². The number of amides is 2. The Bertz CT molecular complexity index is 814. The van der Waals surface area contributed by atoms with E-state index in [0.29, 0.717) is 16.3 Å². The molecule has 0 fully saturated rings. The van der Waals surface area contributed by atoms with E-state index in [2.05, 4.69) is 9.98 Å². The van der Waals surface area contributed by atoms with E-state index in [0.717, 1.165) is 0 Å². The van der Waals surface area contributed by atoms with Crippen LogP contribution in [0.15, 0.2) is 53.7 Å². The van der Waals surface area contributed by atoms with Gasteiger partial charge in [0.25, 0.3) is 0 Å². The quantitative estimate of drug-likeness (QED) is 0.761. The second-order valence-corrected chi connectivity index (χ2v) is 5.52. The Balaban J connectivity index is 2.12. The Morgan fingerprint density at radius 3 is 2.56 bits per heavy atom. The second kappa shape index (κ2) is 6.45. The third kappa shape index (κ3) is 3.10. The van der Waals surface area contributed by atoms with Crippen molar-refractivity contribution in [3.8, 4) is 0 Å². The van der Waals surface area contributed by atoms with Crippen molar-refractivity contribution in [3.05, 3.63) is 59.9 Å². The molecule has 2 aromatic rings. The Labute approximate surface area is 145 Å². The van der Waals surface area contributed by atoms with Crippen molar-refractivity contribution in [1.29, 1.82) is 0 Å². The Kier molecular flexibility index (Phi) is 4.49. The number of rotatable bonds is 3. The van der Waals surface area contributed by atoms with Crippen LogP contribution in [0.25, 0.3) is 0 Å². The number of alkyl halides is 3. The predicted molar refractivity (Wildman–Crippen MR) is 85.4 cm³/mol. The summed E-state index contributed by atoms with van der Waals surface area (Å²) < 4.78 is 47.8. The number of nitrogens with zero attached hydrogens (tertiary/aromatic N) is 3. The summed E-state index contributed by atoms with van der Waals surface area (Å²) in [4.78, 5) is 19.1. The van der Waals surface area contributed by atoms with Crippen LogP contribution in [-0.2, 0) is 16.9 Å². The van der Waals surface area contributed by atoms with Crippen LogP contribution in [0.2, 0.25) is 0 Å². The van der Waals surface area contributed by atoms with Gasteiger partial charge in [-0.05, 0) is 18.2 Å². The zero-order valence-corrected chi connectivity index (χ0v) is 13.3. The molecular weight excluding hydrogens is 359 g/mol. The summed E-state index contributed by atoms with van der Waals surface area (Å²) >= 11 is 5.83. The lowest BCUT2D eigenvalue weighted by molar-refractivity contribution is -0.255. The summed E-state index contributed by atoms with van der Waals surface area (Å²) in [5, 5.41) is 0. The van der Waals surface area contributed by atoms with Crippen LogP contribution in [0.3, 0.4) is 0 Å². The van der Waals surface area contributed by atoms with E-state index in [1.165, 1.54) is 36.5 Å². The zero-order valence-electron chi connectivity index (χ0n) is 12.6. The minimum absolute atomic E-state index is 0.148. The van der Waals surface area contributed by atoms with Gasteiger partial charge in [-0.3, -0.25) is 4.98 Å². The largest absolute Gasteiger partial charge is 0.427 e. The lowest BCUT2D eigenvalue weighted by atomic mass is 9.92. The van der Waals surface area contributed by atoms with Crippen molar-refractivity contribution in [1.82, 2.24) is 4.98 Å². The first-order valence-corrected chi connectivity index (χ1v) is 7.44. The van der Waals surface area contributed by atoms with Crippen molar-refractivity contribution in [2.75, 3.05) is 4.42 Å². The molecule has 2 heterocycles. The molecule has 1 aliphatic heterocycles. The molecule has 0 saturated carbocycles. The Morgan fingerprint density at radius 2 is 1.88 bits per heavy atom. The maximum Gasteiger partial charge on any atom is 0.427 e. The first-order valence-electron chi connectivity index (χ1n) is 7.10. The second-order valence-electron chi connectivity index (χ2n) is 5.18. The molecule has 0 N–H and O–H groups in total. The molecule has 0 radical (unpaired) electrons. The van der Waals surface area contributed by atoms with E-state index in [1.807, 2.05) is 0 Å². The van der Waals surface area contributed by atoms with Gasteiger partial charge in [-0.25, -0.2) is 14.2 Å². The third-order valence-electron chi connectivity index (χ3n) is 3.64. The van der Waals surface area contributed by atoms with E-state index >= 15 is 0 Å². The van der Waals surface area contributed by atoms with E-state index < -0.39 is 24.4 Å². The van der Waals surface area contributed by atoms with Crippen molar-refractivity contribution in [3.63, 3.8) is 0 Å². The summed E-state index contributed by atoms with van der Waals surface area (Å²) in [7, 11) is 0. The summed E-state index contributed by atoms with van der Waals surface area (Å²) in [5.41, 5.74) is -3.11. The highest BCUT2D eigenvalue weighted by Gasteiger charge is 2.59. The van der Waals surface area contributed by atoms with Crippen LogP contribution in [-0.4, -0.2) is 23.4 Å². The average molecular weight is 370 g/mol. The third-order valence-corrected chi connectivity index (χ3v) is 3.96. The minimum atomic E-state index is -4.89. The van der Waals surface area contributed by atoms with Gasteiger partial charge < -0.3 is 4.74 Å². The molecule has 1 unspecified atom stereocenters. The van der Waals surface area contributed by atoms with Gasteiger partial charge in [-0.1, -0.05) is 24.3 Å². The number of urea groups is 1. The molecule has 1 aromatic heterocycles. The summed E-state index contributed by atoms with van der Waals surface area (Å²) in [6.07, 6.45) is -3.00. The van der Waals surface area contributed by atoms with Gasteiger partial charge >= 0.3 is 12.2 Å². The van der Waals surface area contributed by atoms with E-state index in [4.69, 9.17) is 16.5 Å². The van der Waals surface area contributed by atoms with E-state index in [1.54, 1.807) is 12.1 Å². The van der Waals surface area contributed by atoms with E-state index in [-0.39, 0.29) is 11.3 Å². The monoisotopic (exact) mass is 369 g/mol. The van der Waals surface area contributed by atoms with Gasteiger partial charge in [0.15, 0.2) is 0 Å². The average Bonchev–Trinajstić information content (AvgIpc) is 2.71. The minimum Gasteiger partial charge on any atom is -0.349 e. The van der Waals surface area contributed by atoms with Gasteiger partial charge in [-0.2, -0.15) is 13.2 Å². The molecule has 0 aliphatic carbocycles. The molecule has 0 bridgehead atoms. The van der Waals surface area contributed by atoms with Crippen molar-refractivity contribution >= 4 is 29.7 Å². The van der Waals surface area contributed by atoms with Gasteiger partial charge in [0.05, 0.1) is 24.2 Å². The summed E-state index contributed by atoms with van der Waals surface area (Å²) in [6.45, 7) is -0.433. The highest BCUT2D eigenvalue weighted by atomic mass is 35.5. The molecule has 0 spiro atoms. The fraction of sp³-hybridized carbons (Fsp3) is 0.188. The van der Waals surface area contributed by atoms with Crippen LogP contribution in [0.4, 0.5) is 23.7 Å². The number of fused-ring (bicyclic) bond motifs is 1. The maximum atomic E-state index is 14.0. The number of benzene rings is 1. The highest BCUT2D eigenvalue weighted by molar-refractivity contribution is 6.37. The molecule has 2 amide bonds. The molecule has 1 atom stereocenters. The molecular formula is C16H11ClF3N3O2. The maximum absolute atomic E-state index is 14.0. The predicted octanol–water partition coefficient (Wildman–Crippen LogP) is 4.22. The Morgan fingerprint density at radius 1 is 1.16 bits per heavy atom. The number of para-hydroxylation sites is 1. The number of aliphatic imine (C=N–C) groups is 1. The van der Waals surface area contributed by atoms with Gasteiger partial charge in [0, 0.05) is 23.5 Å². The zero-order chi connectivity index (χ0) is 18.1. The number of carbonyl (C=O) groups excluding carboxylic acids is 1. The molecule has 1 aliphatic rings. The van der Waals surface area contributed by atoms with Gasteiger partial charge in [0.1, 0.15) is 0 Å². The van der Waals surface area contributed by atoms with Crippen molar-refractivity contribution < 1.29 is 22.7 Å². The smallest absolute Gasteiger partial charge is 0.349 e. The normalized spacial score (nSPS) is 20.3. The molecule has 25 heavy (non-hydrogen) atoms. The van der Waals surface area contributed by atoms with E-state index in [9.17, 15) is 18.0 Å². The number of aromatic nitrogens is 1. The topological polar surface area (TPSA) is 54.8 Å². The lowest BCUT2D eigenvalue weighted by Gasteiger charge is -2.33. The molecule has 1 aromatic carbocycles. The van der Waals surface area contributed by atoms with Crippen LogP contribution < -0.4 is 4.42 Å². The molecule has 3 rings (SSSR count). The molecule has 0 saturated heterocycles. The van der Waals surface area contributed by atoms with Crippen molar-refractivity contribution in [2.24, 2.45) is 4.99 Å². The number of halogens is 4. The summed E-state index contributed by atoms with van der Waals surface area (Å²) in [6, 6.07) is 9.11. The number of hydrogen-bond acceptors (Lipinski definition) is 3. The first-order chi connectivity index (χ1) is 11.8. The number of anilines is 1. The highest BCUT2D eigenvalue weighted by Crippen LogP contribution is 2.46. The SMILES string of the molecule is O=C1N=CC(OCc2ccccn2)(C(F)(F)F)c2ccccc2N1Cl. The fourth-order valence-corrected chi connectivity index (χ4v) is 2.61. The summed E-state index contributed by atoms with van der Waals surface area (Å²) in [5.74, 6) is 0. The number of carbonyl (C=O) groups is 1. The lowest BCUT2D eigenvalue weighted by Crippen LogP contribution is -2.46. The van der Waals surface area contributed by atoms with Crippen molar-refractivity contribution in [2.45, 2.75) is 18.4 Å². The molecule has 130 valence electrons. The van der Waals surface area contributed by atoms with Gasteiger partial charge in [0.2, 0.25) is 5.60 Å². The fourth-order valence-electron chi connectivity index (χ4n) is 2.42.